The molecule has 2 N–H and O–H groups in total. The van der Waals surface area contributed by atoms with Crippen molar-refractivity contribution in [2.24, 2.45) is 11.8 Å². The molecule has 0 aliphatic heterocycles. The van der Waals surface area contributed by atoms with Crippen molar-refractivity contribution in [2.75, 3.05) is 5.73 Å². The fourth-order valence-electron chi connectivity index (χ4n) is 1.55. The molecule has 1 aromatic rings. The van der Waals surface area contributed by atoms with Crippen LogP contribution in [0.5, 0.6) is 0 Å². The van der Waals surface area contributed by atoms with Crippen LogP contribution in [0.25, 0.3) is 0 Å². The van der Waals surface area contributed by atoms with E-state index in [1.807, 2.05) is 6.07 Å². The minimum atomic E-state index is 0.568. The average Bonchev–Trinajstić information content (AvgIpc) is 1.98. The van der Waals surface area contributed by atoms with Gasteiger partial charge in [-0.15, -0.1) is 0 Å². The van der Waals surface area contributed by atoms with Crippen LogP contribution >= 0.6 is 0 Å². The maximum absolute atomic E-state index is 5.76. The van der Waals surface area contributed by atoms with Gasteiger partial charge in [0, 0.05) is 18.2 Å². The van der Waals surface area contributed by atoms with Gasteiger partial charge in [0.1, 0.15) is 11.6 Å². The van der Waals surface area contributed by atoms with Gasteiger partial charge in [-0.25, -0.2) is 9.97 Å². The molecule has 3 heteroatoms. The van der Waals surface area contributed by atoms with Crippen molar-refractivity contribution in [3.8, 4) is 0 Å². The second-order valence-electron chi connectivity index (χ2n) is 4.90. The number of rotatable bonds is 4. The molecule has 0 spiro atoms. The Morgan fingerprint density at radius 3 is 2.20 bits per heavy atom. The Hall–Kier alpha value is -1.12. The number of anilines is 1. The third-order valence-electron chi connectivity index (χ3n) is 2.05. The summed E-state index contributed by atoms with van der Waals surface area (Å²) in [4.78, 5) is 8.77. The molecular weight excluding hydrogens is 186 g/mol. The van der Waals surface area contributed by atoms with Gasteiger partial charge in [-0.2, -0.15) is 0 Å². The number of hydrogen-bond donors (Lipinski definition) is 1. The molecule has 0 amide bonds. The first-order valence-electron chi connectivity index (χ1n) is 5.59. The highest BCUT2D eigenvalue weighted by molar-refractivity contribution is 5.30. The van der Waals surface area contributed by atoms with Crippen LogP contribution in [0.15, 0.2) is 6.07 Å². The zero-order chi connectivity index (χ0) is 11.4. The van der Waals surface area contributed by atoms with Crippen molar-refractivity contribution in [1.29, 1.82) is 0 Å². The largest absolute Gasteiger partial charge is 0.384 e. The van der Waals surface area contributed by atoms with Crippen molar-refractivity contribution in [2.45, 2.75) is 40.5 Å². The molecule has 0 atom stereocenters. The summed E-state index contributed by atoms with van der Waals surface area (Å²) in [5, 5.41) is 0. The Morgan fingerprint density at radius 2 is 1.67 bits per heavy atom. The number of nitrogen functional groups attached to an aromatic ring is 1. The van der Waals surface area contributed by atoms with E-state index in [0.717, 1.165) is 24.4 Å². The average molecular weight is 207 g/mol. The second-order valence-corrected chi connectivity index (χ2v) is 4.90. The highest BCUT2D eigenvalue weighted by Gasteiger charge is 2.06. The van der Waals surface area contributed by atoms with Gasteiger partial charge in [0.25, 0.3) is 0 Å². The van der Waals surface area contributed by atoms with Crippen molar-refractivity contribution in [3.05, 3.63) is 17.6 Å². The van der Waals surface area contributed by atoms with E-state index < -0.39 is 0 Å². The van der Waals surface area contributed by atoms with Gasteiger partial charge in [0.2, 0.25) is 0 Å². The van der Waals surface area contributed by atoms with E-state index >= 15 is 0 Å². The number of hydrogen-bond acceptors (Lipinski definition) is 3. The summed E-state index contributed by atoms with van der Waals surface area (Å²) in [7, 11) is 0. The van der Waals surface area contributed by atoms with Gasteiger partial charge in [-0.3, -0.25) is 0 Å². The zero-order valence-electron chi connectivity index (χ0n) is 10.1. The Balaban J connectivity index is 2.84. The SMILES string of the molecule is CC(C)Cc1cc(N)nc(CC(C)C)n1. The smallest absolute Gasteiger partial charge is 0.131 e. The molecule has 1 rings (SSSR count). The number of nitrogens with two attached hydrogens (primary N) is 1. The summed E-state index contributed by atoms with van der Waals surface area (Å²) in [5.74, 6) is 2.64. The maximum atomic E-state index is 5.76. The van der Waals surface area contributed by atoms with Crippen LogP contribution in [-0.2, 0) is 12.8 Å². The van der Waals surface area contributed by atoms with Gasteiger partial charge in [-0.05, 0) is 18.3 Å². The fraction of sp³-hybridized carbons (Fsp3) is 0.667. The molecule has 84 valence electrons. The van der Waals surface area contributed by atoms with Crippen molar-refractivity contribution >= 4 is 5.82 Å². The summed E-state index contributed by atoms with van der Waals surface area (Å²) in [6.07, 6.45) is 1.87. The monoisotopic (exact) mass is 207 g/mol. The molecule has 0 aliphatic carbocycles. The van der Waals surface area contributed by atoms with E-state index in [1.54, 1.807) is 0 Å². The molecule has 15 heavy (non-hydrogen) atoms. The molecule has 0 saturated carbocycles. The van der Waals surface area contributed by atoms with Gasteiger partial charge >= 0.3 is 0 Å². The van der Waals surface area contributed by atoms with Crippen LogP contribution in [0.2, 0.25) is 0 Å². The molecule has 0 fully saturated rings. The first-order valence-corrected chi connectivity index (χ1v) is 5.59. The van der Waals surface area contributed by atoms with Crippen LogP contribution in [0.1, 0.15) is 39.2 Å². The van der Waals surface area contributed by atoms with Crippen LogP contribution in [0.3, 0.4) is 0 Å². The second kappa shape index (κ2) is 5.10. The van der Waals surface area contributed by atoms with E-state index in [9.17, 15) is 0 Å². The number of nitrogens with zero attached hydrogens (tertiary/aromatic N) is 2. The van der Waals surface area contributed by atoms with E-state index in [4.69, 9.17) is 5.73 Å². The summed E-state index contributed by atoms with van der Waals surface area (Å²) in [6, 6.07) is 1.88. The molecule has 0 bridgehead atoms. The quantitative estimate of drug-likeness (QED) is 0.825. The molecular formula is C12H21N3. The summed E-state index contributed by atoms with van der Waals surface area (Å²) >= 11 is 0. The normalized spacial score (nSPS) is 11.3. The third-order valence-corrected chi connectivity index (χ3v) is 2.05. The van der Waals surface area contributed by atoms with Gasteiger partial charge in [0.15, 0.2) is 0 Å². The molecule has 1 heterocycles. The molecule has 0 aromatic carbocycles. The summed E-state index contributed by atoms with van der Waals surface area (Å²) in [5.41, 5.74) is 6.82. The minimum absolute atomic E-state index is 0.568. The first kappa shape index (κ1) is 12.0. The topological polar surface area (TPSA) is 51.8 Å². The number of aromatic nitrogens is 2. The highest BCUT2D eigenvalue weighted by Crippen LogP contribution is 2.11. The highest BCUT2D eigenvalue weighted by atomic mass is 14.9. The first-order chi connectivity index (χ1) is 6.97. The standard InChI is InChI=1S/C12H21N3/c1-8(2)5-10-7-11(13)15-12(14-10)6-9(3)4/h7-9H,5-6H2,1-4H3,(H2,13,14,15). The van der Waals surface area contributed by atoms with Gasteiger partial charge < -0.3 is 5.73 Å². The van der Waals surface area contributed by atoms with Crippen LogP contribution in [0, 0.1) is 11.8 Å². The lowest BCUT2D eigenvalue weighted by molar-refractivity contribution is 0.602. The zero-order valence-corrected chi connectivity index (χ0v) is 10.1. The van der Waals surface area contributed by atoms with E-state index in [2.05, 4.69) is 37.7 Å². The molecule has 3 nitrogen and oxygen atoms in total. The predicted molar refractivity (Wildman–Crippen MR) is 63.5 cm³/mol. The summed E-state index contributed by atoms with van der Waals surface area (Å²) < 4.78 is 0. The molecule has 0 radical (unpaired) electrons. The fourth-order valence-corrected chi connectivity index (χ4v) is 1.55. The molecule has 1 aromatic heterocycles. The van der Waals surface area contributed by atoms with E-state index in [1.165, 1.54) is 0 Å². The predicted octanol–water partition coefficient (Wildman–Crippen LogP) is 2.46. The lowest BCUT2D eigenvalue weighted by Gasteiger charge is -2.08. The minimum Gasteiger partial charge on any atom is -0.384 e. The maximum Gasteiger partial charge on any atom is 0.131 e. The molecule has 0 unspecified atom stereocenters. The lowest BCUT2D eigenvalue weighted by atomic mass is 10.1. The Labute approximate surface area is 92.1 Å². The van der Waals surface area contributed by atoms with E-state index in [-0.39, 0.29) is 0 Å². The van der Waals surface area contributed by atoms with Crippen LogP contribution in [-0.4, -0.2) is 9.97 Å². The van der Waals surface area contributed by atoms with Crippen molar-refractivity contribution < 1.29 is 0 Å². The van der Waals surface area contributed by atoms with Crippen molar-refractivity contribution in [1.82, 2.24) is 9.97 Å². The Bertz CT molecular complexity index is 290. The Kier molecular flexibility index (Phi) is 4.06. The Morgan fingerprint density at radius 1 is 1.07 bits per heavy atom. The van der Waals surface area contributed by atoms with Crippen LogP contribution < -0.4 is 5.73 Å². The molecule has 0 saturated heterocycles. The van der Waals surface area contributed by atoms with Crippen molar-refractivity contribution in [3.63, 3.8) is 0 Å². The third kappa shape index (κ3) is 4.28. The molecule has 0 aliphatic rings. The summed E-state index contributed by atoms with van der Waals surface area (Å²) in [6.45, 7) is 8.68. The van der Waals surface area contributed by atoms with E-state index in [0.29, 0.717) is 17.7 Å². The lowest BCUT2D eigenvalue weighted by Crippen LogP contribution is -2.07. The van der Waals surface area contributed by atoms with Gasteiger partial charge in [0.05, 0.1) is 0 Å². The van der Waals surface area contributed by atoms with Crippen LogP contribution in [0.4, 0.5) is 5.82 Å². The van der Waals surface area contributed by atoms with Gasteiger partial charge in [-0.1, -0.05) is 27.7 Å².